The Morgan fingerprint density at radius 1 is 1.00 bits per heavy atom. The van der Waals surface area contributed by atoms with Crippen molar-refractivity contribution in [2.45, 2.75) is 66.3 Å². The van der Waals surface area contributed by atoms with E-state index in [1.807, 2.05) is 20.6 Å². The van der Waals surface area contributed by atoms with Crippen molar-refractivity contribution in [3.8, 4) is 0 Å². The van der Waals surface area contributed by atoms with Crippen LogP contribution < -0.4 is 16.2 Å². The van der Waals surface area contributed by atoms with Crippen molar-refractivity contribution in [2.75, 3.05) is 18.5 Å². The molecule has 5 N–H and O–H groups in total. The number of carbonyl (C=O) groups excluding carboxylic acids is 1. The number of rotatable bonds is 11. The van der Waals surface area contributed by atoms with Gasteiger partial charge in [0.15, 0.2) is 0 Å². The molecule has 0 saturated heterocycles. The predicted molar refractivity (Wildman–Crippen MR) is 146 cm³/mol. The molecule has 0 amide bonds. The van der Waals surface area contributed by atoms with Crippen LogP contribution >= 0.6 is 0 Å². The van der Waals surface area contributed by atoms with Gasteiger partial charge in [0.2, 0.25) is 0 Å². The Hall–Kier alpha value is -2.61. The van der Waals surface area contributed by atoms with Crippen LogP contribution in [0.4, 0.5) is 15.8 Å². The molecule has 2 aromatic carbocycles. The summed E-state index contributed by atoms with van der Waals surface area (Å²) < 4.78 is 13.1. The SMILES string of the molecule is C=O.CC(C)CC(c1ccc(Nc2ccc(F)cc2)cc1)C(C)(C)CNNC(C)(C)CO.CC=N. The normalized spacial score (nSPS) is 12.1. The molecular weight excluding hydrogens is 443 g/mol. The number of hydrazine groups is 1. The van der Waals surface area contributed by atoms with Crippen LogP contribution in [0.2, 0.25) is 0 Å². The molecule has 0 heterocycles. The van der Waals surface area contributed by atoms with Crippen LogP contribution in [-0.4, -0.2) is 36.8 Å². The Balaban J connectivity index is 0.00000214. The zero-order chi connectivity index (χ0) is 27.1. The Kier molecular flexibility index (Phi) is 14.9. The highest BCUT2D eigenvalue weighted by Gasteiger charge is 2.31. The number of halogens is 1. The summed E-state index contributed by atoms with van der Waals surface area (Å²) in [6.07, 6.45) is 2.34. The number of nitrogens with one attached hydrogen (secondary N) is 4. The van der Waals surface area contributed by atoms with Crippen molar-refractivity contribution in [3.63, 3.8) is 0 Å². The fourth-order valence-corrected chi connectivity index (χ4v) is 3.55. The maximum atomic E-state index is 13.1. The van der Waals surface area contributed by atoms with E-state index in [2.05, 4.69) is 68.1 Å². The molecule has 35 heavy (non-hydrogen) atoms. The molecule has 2 rings (SSSR count). The van der Waals surface area contributed by atoms with Crippen LogP contribution in [0, 0.1) is 22.6 Å². The van der Waals surface area contributed by atoms with Gasteiger partial charge in [-0.15, -0.1) is 0 Å². The molecule has 0 aromatic heterocycles. The second-order valence-corrected chi connectivity index (χ2v) is 10.2. The van der Waals surface area contributed by atoms with Crippen LogP contribution in [-0.2, 0) is 4.79 Å². The van der Waals surface area contributed by atoms with Gasteiger partial charge in [-0.3, -0.25) is 5.43 Å². The fraction of sp³-hybridized carbons (Fsp3) is 0.500. The molecule has 7 heteroatoms. The number of benzene rings is 2. The average molecular weight is 489 g/mol. The molecule has 0 saturated carbocycles. The first-order valence-electron chi connectivity index (χ1n) is 11.9. The second-order valence-electron chi connectivity index (χ2n) is 10.2. The van der Waals surface area contributed by atoms with E-state index in [9.17, 15) is 9.50 Å². The number of aliphatic hydroxyl groups is 1. The van der Waals surface area contributed by atoms with Gasteiger partial charge in [-0.25, -0.2) is 9.82 Å². The van der Waals surface area contributed by atoms with E-state index in [1.54, 1.807) is 19.1 Å². The lowest BCUT2D eigenvalue weighted by Gasteiger charge is -2.37. The van der Waals surface area contributed by atoms with E-state index in [-0.39, 0.29) is 23.4 Å². The summed E-state index contributed by atoms with van der Waals surface area (Å²) in [4.78, 5) is 8.00. The maximum absolute atomic E-state index is 13.1. The molecule has 0 spiro atoms. The van der Waals surface area contributed by atoms with E-state index in [1.165, 1.54) is 23.9 Å². The van der Waals surface area contributed by atoms with Crippen LogP contribution in [0.5, 0.6) is 0 Å². The lowest BCUT2D eigenvalue weighted by molar-refractivity contribution is -0.0980. The quantitative estimate of drug-likeness (QED) is 0.196. The third kappa shape index (κ3) is 12.6. The highest BCUT2D eigenvalue weighted by atomic mass is 19.1. The average Bonchev–Trinajstić information content (AvgIpc) is 2.81. The summed E-state index contributed by atoms with van der Waals surface area (Å²) in [5, 5.41) is 18.9. The van der Waals surface area contributed by atoms with Gasteiger partial charge in [-0.2, -0.15) is 0 Å². The highest BCUT2D eigenvalue weighted by Crippen LogP contribution is 2.40. The monoisotopic (exact) mass is 488 g/mol. The Morgan fingerprint density at radius 3 is 1.89 bits per heavy atom. The zero-order valence-electron chi connectivity index (χ0n) is 22.4. The largest absolute Gasteiger partial charge is 0.394 e. The van der Waals surface area contributed by atoms with Gasteiger partial charge in [-0.05, 0) is 92.6 Å². The van der Waals surface area contributed by atoms with Crippen molar-refractivity contribution >= 4 is 24.4 Å². The molecule has 0 aliphatic carbocycles. The first-order chi connectivity index (χ1) is 16.4. The number of carbonyl (C=O) groups is 1. The summed E-state index contributed by atoms with van der Waals surface area (Å²) in [5.74, 6) is 0.720. The summed E-state index contributed by atoms with van der Waals surface area (Å²) in [6.45, 7) is 17.5. The van der Waals surface area contributed by atoms with Gasteiger partial charge < -0.3 is 20.6 Å². The van der Waals surface area contributed by atoms with Gasteiger partial charge in [0.1, 0.15) is 12.6 Å². The summed E-state index contributed by atoms with van der Waals surface area (Å²) in [7, 11) is 0. The van der Waals surface area contributed by atoms with Gasteiger partial charge in [0.25, 0.3) is 0 Å². The van der Waals surface area contributed by atoms with Crippen molar-refractivity contribution in [1.82, 2.24) is 10.9 Å². The smallest absolute Gasteiger partial charge is 0.123 e. The molecular formula is C28H45FN4O2. The second kappa shape index (κ2) is 16.1. The van der Waals surface area contributed by atoms with Gasteiger partial charge >= 0.3 is 0 Å². The highest BCUT2D eigenvalue weighted by molar-refractivity contribution is 5.59. The molecule has 1 atom stereocenters. The molecule has 6 nitrogen and oxygen atoms in total. The number of hydrogen-bond donors (Lipinski definition) is 5. The van der Waals surface area contributed by atoms with Gasteiger partial charge in [-0.1, -0.05) is 39.8 Å². The van der Waals surface area contributed by atoms with Gasteiger partial charge in [0.05, 0.1) is 6.61 Å². The molecule has 0 aliphatic heterocycles. The standard InChI is InChI=1S/C25H38FN3O.C2H5N.CH2O/c1-18(2)15-23(24(3,4)16-27-29-25(5,6)17-30)19-7-11-21(12-8-19)28-22-13-9-20(26)10-14-22;1-2-3;1-2/h7-14,18,23,27-30H,15-17H2,1-6H3;2-3H,1H3;1H2. The Morgan fingerprint density at radius 2 is 1.46 bits per heavy atom. The molecule has 0 bridgehead atoms. The van der Waals surface area contributed by atoms with E-state index in [0.717, 1.165) is 24.3 Å². The first-order valence-corrected chi connectivity index (χ1v) is 11.9. The molecule has 196 valence electrons. The predicted octanol–water partition coefficient (Wildman–Crippen LogP) is 6.06. The van der Waals surface area contributed by atoms with E-state index >= 15 is 0 Å². The van der Waals surface area contributed by atoms with E-state index < -0.39 is 0 Å². The summed E-state index contributed by atoms with van der Waals surface area (Å²) >= 11 is 0. The molecule has 0 fully saturated rings. The Labute approximate surface area is 211 Å². The first kappa shape index (κ1) is 32.4. The Bertz CT molecular complexity index is 837. The topological polar surface area (TPSA) is 97.2 Å². The zero-order valence-corrected chi connectivity index (χ0v) is 22.4. The number of anilines is 2. The van der Waals surface area contributed by atoms with Crippen LogP contribution in [0.15, 0.2) is 48.5 Å². The minimum Gasteiger partial charge on any atom is -0.394 e. The summed E-state index contributed by atoms with van der Waals surface area (Å²) in [6, 6.07) is 14.9. The van der Waals surface area contributed by atoms with Crippen LogP contribution in [0.3, 0.4) is 0 Å². The fourth-order valence-electron chi connectivity index (χ4n) is 3.55. The molecule has 0 radical (unpaired) electrons. The van der Waals surface area contributed by atoms with Crippen molar-refractivity contribution in [2.24, 2.45) is 11.3 Å². The number of aliphatic hydroxyl groups excluding tert-OH is 1. The molecule has 1 unspecified atom stereocenters. The van der Waals surface area contributed by atoms with Crippen LogP contribution in [0.1, 0.15) is 66.4 Å². The van der Waals surface area contributed by atoms with Crippen molar-refractivity contribution in [3.05, 3.63) is 59.9 Å². The summed E-state index contributed by atoms with van der Waals surface area (Å²) in [5.41, 5.74) is 9.36. The lowest BCUT2D eigenvalue weighted by atomic mass is 9.71. The third-order valence-electron chi connectivity index (χ3n) is 5.46. The van der Waals surface area contributed by atoms with E-state index in [0.29, 0.717) is 11.8 Å². The lowest BCUT2D eigenvalue weighted by Crippen LogP contribution is -2.53. The van der Waals surface area contributed by atoms with E-state index in [4.69, 9.17) is 10.2 Å². The minimum atomic E-state index is -0.364. The van der Waals surface area contributed by atoms with Gasteiger partial charge in [0, 0.05) is 23.5 Å². The molecule has 2 aromatic rings. The van der Waals surface area contributed by atoms with Crippen LogP contribution in [0.25, 0.3) is 0 Å². The molecule has 0 aliphatic rings. The third-order valence-corrected chi connectivity index (χ3v) is 5.46. The van der Waals surface area contributed by atoms with Crippen molar-refractivity contribution < 1.29 is 14.3 Å². The number of hydrogen-bond acceptors (Lipinski definition) is 6. The van der Waals surface area contributed by atoms with Crippen molar-refractivity contribution in [1.29, 1.82) is 5.41 Å². The minimum absolute atomic E-state index is 0.00864. The maximum Gasteiger partial charge on any atom is 0.123 e.